The highest BCUT2D eigenvalue weighted by molar-refractivity contribution is 5.69. The Labute approximate surface area is 172 Å². The van der Waals surface area contributed by atoms with Gasteiger partial charge in [-0.25, -0.2) is 9.78 Å². The molecule has 2 aromatic rings. The second kappa shape index (κ2) is 7.48. The van der Waals surface area contributed by atoms with Crippen LogP contribution < -0.4 is 0 Å². The molecule has 0 spiro atoms. The predicted molar refractivity (Wildman–Crippen MR) is 112 cm³/mol. The van der Waals surface area contributed by atoms with Crippen molar-refractivity contribution in [2.24, 2.45) is 11.8 Å². The molecule has 4 rings (SSSR count). The molecule has 1 saturated carbocycles. The number of rotatable bonds is 5. The van der Waals surface area contributed by atoms with E-state index in [1.54, 1.807) is 4.90 Å². The van der Waals surface area contributed by atoms with Crippen LogP contribution in [0.1, 0.15) is 52.1 Å². The third-order valence-electron chi connectivity index (χ3n) is 6.23. The minimum Gasteiger partial charge on any atom is -0.444 e. The van der Waals surface area contributed by atoms with Gasteiger partial charge in [0.1, 0.15) is 5.60 Å². The molecule has 1 fully saturated rings. The van der Waals surface area contributed by atoms with E-state index in [0.29, 0.717) is 13.1 Å². The van der Waals surface area contributed by atoms with E-state index in [9.17, 15) is 9.90 Å². The Morgan fingerprint density at radius 3 is 2.79 bits per heavy atom. The summed E-state index contributed by atoms with van der Waals surface area (Å²) in [6.45, 7) is 8.81. The van der Waals surface area contributed by atoms with Crippen molar-refractivity contribution in [3.05, 3.63) is 42.4 Å². The molecule has 6 nitrogen and oxygen atoms in total. The van der Waals surface area contributed by atoms with Crippen molar-refractivity contribution in [1.82, 2.24) is 14.5 Å². The second-order valence-corrected chi connectivity index (χ2v) is 9.22. The van der Waals surface area contributed by atoms with E-state index >= 15 is 0 Å². The van der Waals surface area contributed by atoms with Crippen LogP contribution in [0.15, 0.2) is 36.8 Å². The Kier molecular flexibility index (Phi) is 5.15. The van der Waals surface area contributed by atoms with Gasteiger partial charge in [-0.05, 0) is 52.0 Å². The first-order valence-electron chi connectivity index (χ1n) is 10.6. The van der Waals surface area contributed by atoms with Gasteiger partial charge >= 0.3 is 6.09 Å². The number of benzene rings is 1. The fourth-order valence-corrected chi connectivity index (χ4v) is 4.72. The third-order valence-corrected chi connectivity index (χ3v) is 6.23. The van der Waals surface area contributed by atoms with Gasteiger partial charge in [-0.15, -0.1) is 0 Å². The highest BCUT2D eigenvalue weighted by Gasteiger charge is 2.47. The van der Waals surface area contributed by atoms with Crippen LogP contribution in [0.3, 0.4) is 0 Å². The van der Waals surface area contributed by atoms with E-state index in [-0.39, 0.29) is 30.1 Å². The fourth-order valence-electron chi connectivity index (χ4n) is 4.72. The van der Waals surface area contributed by atoms with Crippen LogP contribution in [-0.2, 0) is 4.74 Å². The zero-order valence-electron chi connectivity index (χ0n) is 17.7. The normalized spacial score (nSPS) is 25.1. The first kappa shape index (κ1) is 20.0. The average Bonchev–Trinajstić information content (AvgIpc) is 3.24. The number of carbonyl (C=O) groups is 1. The Hall–Kier alpha value is -2.34. The lowest BCUT2D eigenvalue weighted by Gasteiger charge is -2.45. The quantitative estimate of drug-likeness (QED) is 0.825. The van der Waals surface area contributed by atoms with Gasteiger partial charge < -0.3 is 19.3 Å². The van der Waals surface area contributed by atoms with Gasteiger partial charge in [0, 0.05) is 24.6 Å². The van der Waals surface area contributed by atoms with Crippen molar-refractivity contribution >= 4 is 6.09 Å². The molecule has 0 bridgehead atoms. The maximum absolute atomic E-state index is 12.3. The maximum atomic E-state index is 12.3. The van der Waals surface area contributed by atoms with Gasteiger partial charge in [-0.1, -0.05) is 24.3 Å². The molecule has 2 aliphatic rings. The number of imidazole rings is 1. The number of fused-ring (bicyclic) bond motifs is 3. The summed E-state index contributed by atoms with van der Waals surface area (Å²) in [5.74, 6) is 0.379. The molecule has 1 aliphatic carbocycles. The van der Waals surface area contributed by atoms with Gasteiger partial charge in [0.25, 0.3) is 0 Å². The summed E-state index contributed by atoms with van der Waals surface area (Å²) in [6.07, 6.45) is 4.86. The molecule has 156 valence electrons. The molecule has 1 aliphatic heterocycles. The SMILES string of the molecule is CCN(CCC1C[C@@H]([C@H]2c3ccccc3-c3cncn32)[C@@H]1O)C(=O)OC(C)(C)C. The van der Waals surface area contributed by atoms with Crippen molar-refractivity contribution in [3.8, 4) is 11.3 Å². The van der Waals surface area contributed by atoms with E-state index in [4.69, 9.17) is 4.74 Å². The highest BCUT2D eigenvalue weighted by Crippen LogP contribution is 2.51. The number of aromatic nitrogens is 2. The number of amides is 1. The van der Waals surface area contributed by atoms with Crippen LogP contribution in [0.5, 0.6) is 0 Å². The van der Waals surface area contributed by atoms with E-state index in [1.165, 1.54) is 11.1 Å². The summed E-state index contributed by atoms with van der Waals surface area (Å²) in [5.41, 5.74) is 3.12. The third kappa shape index (κ3) is 3.66. The maximum Gasteiger partial charge on any atom is 0.410 e. The van der Waals surface area contributed by atoms with Gasteiger partial charge in [-0.3, -0.25) is 0 Å². The summed E-state index contributed by atoms with van der Waals surface area (Å²) in [5, 5.41) is 11.0. The molecule has 29 heavy (non-hydrogen) atoms. The Morgan fingerprint density at radius 2 is 2.10 bits per heavy atom. The minimum absolute atomic E-state index is 0.142. The standard InChI is InChI=1S/C23H31N3O3/c1-5-25(22(28)29-23(2,3)4)11-10-15-12-18(21(15)27)20-17-9-7-6-8-16(17)19-13-24-14-26(19)20/h6-9,13-15,18,20-21,27H,5,10-12H2,1-4H3/t15?,18-,20+,21+/m0/s1. The molecule has 1 N–H and O–H groups in total. The van der Waals surface area contributed by atoms with Crippen molar-refractivity contribution in [3.63, 3.8) is 0 Å². The summed E-state index contributed by atoms with van der Waals surface area (Å²) < 4.78 is 7.69. The van der Waals surface area contributed by atoms with E-state index in [0.717, 1.165) is 18.5 Å². The Morgan fingerprint density at radius 1 is 1.34 bits per heavy atom. The number of aliphatic hydroxyl groups is 1. The van der Waals surface area contributed by atoms with E-state index in [2.05, 4.69) is 33.8 Å². The molecule has 1 unspecified atom stereocenters. The first-order chi connectivity index (χ1) is 13.8. The monoisotopic (exact) mass is 397 g/mol. The lowest BCUT2D eigenvalue weighted by Crippen LogP contribution is -2.48. The molecule has 6 heteroatoms. The fraction of sp³-hybridized carbons (Fsp3) is 0.565. The summed E-state index contributed by atoms with van der Waals surface area (Å²) in [7, 11) is 0. The van der Waals surface area contributed by atoms with Crippen LogP contribution in [0.25, 0.3) is 11.3 Å². The second-order valence-electron chi connectivity index (χ2n) is 9.22. The van der Waals surface area contributed by atoms with Crippen LogP contribution in [0.4, 0.5) is 4.79 Å². The smallest absolute Gasteiger partial charge is 0.410 e. The molecular formula is C23H31N3O3. The molecule has 2 heterocycles. The van der Waals surface area contributed by atoms with Crippen molar-refractivity contribution in [1.29, 1.82) is 0 Å². The Bertz CT molecular complexity index is 885. The molecule has 1 aromatic carbocycles. The van der Waals surface area contributed by atoms with Crippen molar-refractivity contribution in [2.45, 2.75) is 58.3 Å². The topological polar surface area (TPSA) is 67.6 Å². The van der Waals surface area contributed by atoms with Gasteiger partial charge in [0.05, 0.1) is 30.4 Å². The zero-order chi connectivity index (χ0) is 20.8. The molecule has 1 aromatic heterocycles. The van der Waals surface area contributed by atoms with Crippen LogP contribution >= 0.6 is 0 Å². The summed E-state index contributed by atoms with van der Waals surface area (Å²) in [4.78, 5) is 18.4. The first-order valence-corrected chi connectivity index (χ1v) is 10.6. The molecule has 1 amide bonds. The lowest BCUT2D eigenvalue weighted by molar-refractivity contribution is -0.0642. The average molecular weight is 398 g/mol. The van der Waals surface area contributed by atoms with Crippen molar-refractivity contribution in [2.75, 3.05) is 13.1 Å². The van der Waals surface area contributed by atoms with Gasteiger partial charge in [0.2, 0.25) is 0 Å². The summed E-state index contributed by atoms with van der Waals surface area (Å²) in [6, 6.07) is 8.55. The number of ether oxygens (including phenoxy) is 1. The Balaban J connectivity index is 1.39. The lowest BCUT2D eigenvalue weighted by atomic mass is 9.66. The predicted octanol–water partition coefficient (Wildman–Crippen LogP) is 4.10. The van der Waals surface area contributed by atoms with Gasteiger partial charge in [0.15, 0.2) is 0 Å². The molecular weight excluding hydrogens is 366 g/mol. The van der Waals surface area contributed by atoms with E-state index in [1.807, 2.05) is 40.2 Å². The number of hydrogen-bond donors (Lipinski definition) is 1. The number of nitrogens with zero attached hydrogens (tertiary/aromatic N) is 3. The van der Waals surface area contributed by atoms with Crippen LogP contribution in [0.2, 0.25) is 0 Å². The highest BCUT2D eigenvalue weighted by atomic mass is 16.6. The molecule has 0 saturated heterocycles. The number of aliphatic hydroxyl groups excluding tert-OH is 1. The number of carbonyl (C=O) groups excluding carboxylic acids is 1. The minimum atomic E-state index is -0.496. The molecule has 4 atom stereocenters. The van der Waals surface area contributed by atoms with Crippen LogP contribution in [-0.4, -0.2) is 50.4 Å². The zero-order valence-corrected chi connectivity index (χ0v) is 17.7. The molecule has 0 radical (unpaired) electrons. The van der Waals surface area contributed by atoms with Gasteiger partial charge in [-0.2, -0.15) is 0 Å². The summed E-state index contributed by atoms with van der Waals surface area (Å²) >= 11 is 0. The largest absolute Gasteiger partial charge is 0.444 e. The van der Waals surface area contributed by atoms with E-state index < -0.39 is 5.60 Å². The van der Waals surface area contributed by atoms with Crippen LogP contribution in [0, 0.1) is 11.8 Å². The number of hydrogen-bond acceptors (Lipinski definition) is 4. The van der Waals surface area contributed by atoms with Crippen molar-refractivity contribution < 1.29 is 14.6 Å².